The minimum absolute atomic E-state index is 0.263. The lowest BCUT2D eigenvalue weighted by Gasteiger charge is -2.20. The van der Waals surface area contributed by atoms with Gasteiger partial charge in [0.1, 0.15) is 5.75 Å². The first kappa shape index (κ1) is 14.9. The van der Waals surface area contributed by atoms with Crippen LogP contribution in [0.15, 0.2) is 48.6 Å². The number of ether oxygens (including phenoxy) is 1. The van der Waals surface area contributed by atoms with Gasteiger partial charge in [-0.25, -0.2) is 0 Å². The van der Waals surface area contributed by atoms with Crippen molar-refractivity contribution >= 4 is 0 Å². The van der Waals surface area contributed by atoms with Gasteiger partial charge in [-0.2, -0.15) is 0 Å². The highest BCUT2D eigenvalue weighted by atomic mass is 16.5. The van der Waals surface area contributed by atoms with E-state index in [1.165, 1.54) is 5.56 Å². The van der Waals surface area contributed by atoms with Gasteiger partial charge >= 0.3 is 0 Å². The minimum Gasteiger partial charge on any atom is -0.494 e. The molecule has 0 heterocycles. The summed E-state index contributed by atoms with van der Waals surface area (Å²) in [6.07, 6.45) is 11.7. The number of rotatable bonds is 7. The molecule has 1 aromatic rings. The van der Waals surface area contributed by atoms with Crippen LogP contribution in [0, 0.1) is 5.92 Å². The Morgan fingerprint density at radius 1 is 1.35 bits per heavy atom. The van der Waals surface area contributed by atoms with E-state index >= 15 is 0 Å². The van der Waals surface area contributed by atoms with E-state index in [0.29, 0.717) is 0 Å². The van der Waals surface area contributed by atoms with Crippen LogP contribution in [0.4, 0.5) is 0 Å². The van der Waals surface area contributed by atoms with Crippen LogP contribution in [0.5, 0.6) is 5.75 Å². The van der Waals surface area contributed by atoms with Crippen molar-refractivity contribution in [2.45, 2.75) is 38.7 Å². The van der Waals surface area contributed by atoms with E-state index in [1.54, 1.807) is 0 Å². The maximum atomic E-state index is 10.2. The first-order chi connectivity index (χ1) is 9.79. The van der Waals surface area contributed by atoms with Crippen LogP contribution in [0.25, 0.3) is 0 Å². The average Bonchev–Trinajstić information content (AvgIpc) is 2.52. The number of benzene rings is 1. The molecule has 0 saturated heterocycles. The Labute approximate surface area is 121 Å². The first-order valence-corrected chi connectivity index (χ1v) is 7.52. The van der Waals surface area contributed by atoms with Crippen LogP contribution >= 0.6 is 0 Å². The van der Waals surface area contributed by atoms with Crippen LogP contribution in [0.3, 0.4) is 0 Å². The first-order valence-electron chi connectivity index (χ1n) is 7.52. The van der Waals surface area contributed by atoms with Gasteiger partial charge in [-0.15, -0.1) is 0 Å². The lowest BCUT2D eigenvalue weighted by molar-refractivity contribution is 0.121. The summed E-state index contributed by atoms with van der Waals surface area (Å²) in [5.74, 6) is 1.19. The van der Waals surface area contributed by atoms with E-state index in [1.807, 2.05) is 24.3 Å². The van der Waals surface area contributed by atoms with Crippen LogP contribution in [0.1, 0.15) is 31.7 Å². The highest BCUT2D eigenvalue weighted by Crippen LogP contribution is 2.21. The molecular weight excluding hydrogens is 248 g/mol. The summed E-state index contributed by atoms with van der Waals surface area (Å²) in [6.45, 7) is 2.86. The van der Waals surface area contributed by atoms with E-state index in [-0.39, 0.29) is 12.0 Å². The maximum absolute atomic E-state index is 10.2. The fourth-order valence-corrected chi connectivity index (χ4v) is 2.42. The number of aliphatic hydroxyl groups excluding tert-OH is 1. The number of hydrogen-bond donors (Lipinski definition) is 1. The van der Waals surface area contributed by atoms with E-state index in [4.69, 9.17) is 4.74 Å². The average molecular weight is 272 g/mol. The third kappa shape index (κ3) is 4.53. The topological polar surface area (TPSA) is 29.5 Å². The minimum atomic E-state index is -0.267. The van der Waals surface area contributed by atoms with E-state index in [9.17, 15) is 5.11 Å². The molecule has 1 aliphatic rings. The summed E-state index contributed by atoms with van der Waals surface area (Å²) in [4.78, 5) is 0. The van der Waals surface area contributed by atoms with E-state index in [0.717, 1.165) is 38.0 Å². The molecule has 0 aliphatic heterocycles. The Morgan fingerprint density at radius 2 is 2.25 bits per heavy atom. The Bertz CT molecular complexity index is 462. The zero-order chi connectivity index (χ0) is 14.2. The molecule has 0 saturated carbocycles. The predicted molar refractivity (Wildman–Crippen MR) is 82.9 cm³/mol. The number of aryl methyl sites for hydroxylation is 1. The fraction of sp³-hybridized carbons (Fsp3) is 0.444. The fourth-order valence-electron chi connectivity index (χ4n) is 2.42. The van der Waals surface area contributed by atoms with Crippen LogP contribution in [-0.2, 0) is 6.42 Å². The van der Waals surface area contributed by atoms with Crippen molar-refractivity contribution in [1.29, 1.82) is 0 Å². The molecule has 108 valence electrons. The zero-order valence-electron chi connectivity index (χ0n) is 12.2. The SMILES string of the molecule is CCCOc1cccc(CCC(O)C2C=CC=CC2)c1. The lowest BCUT2D eigenvalue weighted by atomic mass is 9.91. The second kappa shape index (κ2) is 7.91. The van der Waals surface area contributed by atoms with Crippen molar-refractivity contribution in [1.82, 2.24) is 0 Å². The van der Waals surface area contributed by atoms with Crippen molar-refractivity contribution < 1.29 is 9.84 Å². The molecule has 2 unspecified atom stereocenters. The molecule has 0 radical (unpaired) electrons. The number of hydrogen-bond acceptors (Lipinski definition) is 2. The molecule has 1 aromatic carbocycles. The monoisotopic (exact) mass is 272 g/mol. The van der Waals surface area contributed by atoms with Gasteiger partial charge in [-0.1, -0.05) is 43.4 Å². The highest BCUT2D eigenvalue weighted by Gasteiger charge is 2.16. The predicted octanol–water partition coefficient (Wildman–Crippen LogP) is 3.90. The highest BCUT2D eigenvalue weighted by molar-refractivity contribution is 5.28. The number of allylic oxidation sites excluding steroid dienone is 3. The third-order valence-electron chi connectivity index (χ3n) is 3.61. The molecule has 1 aliphatic carbocycles. The summed E-state index contributed by atoms with van der Waals surface area (Å²) in [6, 6.07) is 8.20. The van der Waals surface area contributed by atoms with Crippen LogP contribution in [-0.4, -0.2) is 17.8 Å². The molecule has 2 atom stereocenters. The molecule has 2 heteroatoms. The standard InChI is InChI=1S/C18H24O2/c1-2-13-20-17-10-6-7-15(14-17)11-12-18(19)16-8-4-3-5-9-16/h3-8,10,14,16,18-19H,2,9,11-13H2,1H3. The normalized spacial score (nSPS) is 19.0. The van der Waals surface area contributed by atoms with Crippen molar-refractivity contribution in [3.8, 4) is 5.75 Å². The van der Waals surface area contributed by atoms with E-state index in [2.05, 4.69) is 31.2 Å². The number of aliphatic hydroxyl groups is 1. The largest absolute Gasteiger partial charge is 0.494 e. The molecule has 0 amide bonds. The summed E-state index contributed by atoms with van der Waals surface area (Å²) in [5.41, 5.74) is 1.23. The lowest BCUT2D eigenvalue weighted by Crippen LogP contribution is -2.19. The van der Waals surface area contributed by atoms with Gasteiger partial charge in [0.15, 0.2) is 0 Å². The molecule has 0 spiro atoms. The molecule has 0 fully saturated rings. The Morgan fingerprint density at radius 3 is 3.00 bits per heavy atom. The summed E-state index contributed by atoms with van der Waals surface area (Å²) in [7, 11) is 0. The van der Waals surface area contributed by atoms with Gasteiger partial charge < -0.3 is 9.84 Å². The van der Waals surface area contributed by atoms with Gasteiger partial charge in [0.05, 0.1) is 12.7 Å². The molecule has 20 heavy (non-hydrogen) atoms. The molecule has 0 bridgehead atoms. The molecular formula is C18H24O2. The second-order valence-corrected chi connectivity index (χ2v) is 5.31. The molecule has 2 rings (SSSR count). The smallest absolute Gasteiger partial charge is 0.119 e. The van der Waals surface area contributed by atoms with Crippen molar-refractivity contribution in [3.63, 3.8) is 0 Å². The Hall–Kier alpha value is -1.54. The quantitative estimate of drug-likeness (QED) is 0.815. The van der Waals surface area contributed by atoms with Crippen LogP contribution in [0.2, 0.25) is 0 Å². The van der Waals surface area contributed by atoms with Crippen molar-refractivity contribution in [2.24, 2.45) is 5.92 Å². The maximum Gasteiger partial charge on any atom is 0.119 e. The molecule has 0 aromatic heterocycles. The Kier molecular flexibility index (Phi) is 5.87. The van der Waals surface area contributed by atoms with Gasteiger partial charge in [-0.3, -0.25) is 0 Å². The van der Waals surface area contributed by atoms with E-state index < -0.39 is 0 Å². The van der Waals surface area contributed by atoms with Crippen LogP contribution < -0.4 is 4.74 Å². The summed E-state index contributed by atoms with van der Waals surface area (Å²) in [5, 5.41) is 10.2. The van der Waals surface area contributed by atoms with Gasteiger partial charge in [0.2, 0.25) is 0 Å². The zero-order valence-corrected chi connectivity index (χ0v) is 12.2. The van der Waals surface area contributed by atoms with Crippen molar-refractivity contribution in [3.05, 3.63) is 54.1 Å². The molecule has 2 nitrogen and oxygen atoms in total. The van der Waals surface area contributed by atoms with Gasteiger partial charge in [-0.05, 0) is 43.4 Å². The van der Waals surface area contributed by atoms with Crippen molar-refractivity contribution in [2.75, 3.05) is 6.61 Å². The van der Waals surface area contributed by atoms with Gasteiger partial charge in [0.25, 0.3) is 0 Å². The third-order valence-corrected chi connectivity index (χ3v) is 3.61. The van der Waals surface area contributed by atoms with Gasteiger partial charge in [0, 0.05) is 5.92 Å². The Balaban J connectivity index is 1.83. The molecule has 1 N–H and O–H groups in total. The second-order valence-electron chi connectivity index (χ2n) is 5.31. The summed E-state index contributed by atoms with van der Waals surface area (Å²) < 4.78 is 5.64. The summed E-state index contributed by atoms with van der Waals surface area (Å²) >= 11 is 0.